The Balaban J connectivity index is 0.000000162. The highest BCUT2D eigenvalue weighted by Gasteiger charge is 2.14. The Labute approximate surface area is 587 Å². The molecule has 0 amide bonds. The van der Waals surface area contributed by atoms with Crippen molar-refractivity contribution in [3.8, 4) is 51.5 Å². The zero-order chi connectivity index (χ0) is 71.0. The van der Waals surface area contributed by atoms with Crippen LogP contribution < -0.4 is 14.2 Å². The summed E-state index contributed by atoms with van der Waals surface area (Å²) in [7, 11) is 12.2. The highest BCUT2D eigenvalue weighted by Crippen LogP contribution is 2.30. The Kier molecular flexibility index (Phi) is 27.3. The molecule has 510 valence electrons. The van der Waals surface area contributed by atoms with Crippen LogP contribution in [-0.2, 0) is 32.8 Å². The van der Waals surface area contributed by atoms with E-state index in [-0.39, 0.29) is 11.3 Å². The number of phenols is 1. The van der Waals surface area contributed by atoms with Gasteiger partial charge in [0, 0.05) is 75.6 Å². The van der Waals surface area contributed by atoms with E-state index in [0.29, 0.717) is 52.3 Å². The number of benzene rings is 8. The lowest BCUT2D eigenvalue weighted by Crippen LogP contribution is -2.12. The zero-order valence-electron chi connectivity index (χ0n) is 57.0. The molecule has 0 aliphatic heterocycles. The number of aromatic nitrogens is 8. The Hall–Kier alpha value is -10.8. The minimum Gasteiger partial charge on any atom is -0.508 e. The summed E-state index contributed by atoms with van der Waals surface area (Å²) in [5.74, 6) is 2.44. The van der Waals surface area contributed by atoms with Crippen LogP contribution in [0.25, 0.3) is 22.7 Å². The van der Waals surface area contributed by atoms with Crippen LogP contribution >= 0.6 is 23.2 Å². The van der Waals surface area contributed by atoms with Crippen LogP contribution in [0, 0.1) is 33.5 Å². The third-order valence-corrected chi connectivity index (χ3v) is 15.7. The van der Waals surface area contributed by atoms with Gasteiger partial charge in [-0.25, -0.2) is 24.3 Å². The molecule has 0 fully saturated rings. The van der Waals surface area contributed by atoms with Crippen LogP contribution in [0.1, 0.15) is 82.2 Å². The van der Waals surface area contributed by atoms with Gasteiger partial charge in [-0.15, -0.1) is 0 Å². The maximum atomic E-state index is 12.5. The predicted molar refractivity (Wildman–Crippen MR) is 388 cm³/mol. The summed E-state index contributed by atoms with van der Waals surface area (Å²) in [6.07, 6.45) is 9.15. The molecule has 0 atom stereocenters. The smallest absolute Gasteiger partial charge is 0.170 e. The van der Waals surface area contributed by atoms with E-state index in [1.807, 2.05) is 189 Å². The van der Waals surface area contributed by atoms with Gasteiger partial charge in [0.15, 0.2) is 18.9 Å². The molecule has 12 aromatic rings. The Bertz CT molecular complexity index is 4520. The van der Waals surface area contributed by atoms with Crippen molar-refractivity contribution in [2.45, 2.75) is 60.5 Å². The Morgan fingerprint density at radius 3 is 1.14 bits per heavy atom. The van der Waals surface area contributed by atoms with E-state index in [9.17, 15) is 23.9 Å². The summed E-state index contributed by atoms with van der Waals surface area (Å²) < 4.78 is 38.0. The zero-order valence-corrected chi connectivity index (χ0v) is 58.5. The summed E-state index contributed by atoms with van der Waals surface area (Å²) >= 11 is 11.4. The van der Waals surface area contributed by atoms with E-state index in [4.69, 9.17) is 37.4 Å². The SMILES string of the molecule is Cc1c(C=O)ncn1-c1ccc(OCc2ccccc2)cc1.Cc1c(CN(C)C)ncn1-c1ccc(O)cc1.Cc1c(CN(C)C)ncn1-c1ccc(OCc2ccccc2)cc1.Cc1c(CN(C)C)ncn1-c1ccc(Oc2cc(Cl)ccc2C=O)cc1.O=Cc1ccc(Cl)cc1F. The number of phenolic OH excluding ortho intramolecular Hbond substituents is 1. The van der Waals surface area contributed by atoms with Gasteiger partial charge in [-0.1, -0.05) is 83.9 Å². The second-order valence-corrected chi connectivity index (χ2v) is 24.5. The summed E-state index contributed by atoms with van der Waals surface area (Å²) in [6, 6.07) is 59.7. The van der Waals surface area contributed by atoms with Crippen molar-refractivity contribution >= 4 is 42.1 Å². The van der Waals surface area contributed by atoms with Crippen LogP contribution in [0.3, 0.4) is 0 Å². The first kappa shape index (κ1) is 74.0. The molecule has 0 unspecified atom stereocenters. The van der Waals surface area contributed by atoms with Gasteiger partial charge in [0.2, 0.25) is 0 Å². The average molecular weight is 1370 g/mol. The van der Waals surface area contributed by atoms with E-state index < -0.39 is 5.82 Å². The number of imidazole rings is 4. The van der Waals surface area contributed by atoms with Crippen LogP contribution in [0.15, 0.2) is 219 Å². The fraction of sp³-hybridized carbons (Fsp3) is 0.192. The molecule has 0 aliphatic rings. The van der Waals surface area contributed by atoms with Crippen LogP contribution in [-0.4, -0.2) is 119 Å². The van der Waals surface area contributed by atoms with Gasteiger partial charge >= 0.3 is 0 Å². The first-order valence-corrected chi connectivity index (χ1v) is 32.2. The summed E-state index contributed by atoms with van der Waals surface area (Å²) in [5, 5.41) is 10.1. The van der Waals surface area contributed by atoms with Gasteiger partial charge < -0.3 is 52.3 Å². The minimum absolute atomic E-state index is 0.0319. The molecule has 99 heavy (non-hydrogen) atoms. The summed E-state index contributed by atoms with van der Waals surface area (Å²) in [4.78, 5) is 55.9. The molecular formula is C78H80Cl2FN11O7. The van der Waals surface area contributed by atoms with Gasteiger partial charge in [0.25, 0.3) is 0 Å². The molecule has 18 nitrogen and oxygen atoms in total. The van der Waals surface area contributed by atoms with E-state index in [1.165, 1.54) is 23.4 Å². The van der Waals surface area contributed by atoms with Crippen molar-refractivity contribution in [2.75, 3.05) is 42.3 Å². The fourth-order valence-electron chi connectivity index (χ4n) is 9.88. The number of hydrogen-bond acceptors (Lipinski definition) is 14. The largest absolute Gasteiger partial charge is 0.508 e. The molecule has 21 heteroatoms. The molecule has 12 rings (SSSR count). The number of halogens is 3. The summed E-state index contributed by atoms with van der Waals surface area (Å²) in [5.41, 5.74) is 14.7. The molecule has 8 aromatic carbocycles. The molecule has 0 spiro atoms. The minimum atomic E-state index is -0.581. The van der Waals surface area contributed by atoms with Gasteiger partial charge in [-0.05, 0) is 209 Å². The molecule has 4 heterocycles. The van der Waals surface area contributed by atoms with Crippen molar-refractivity contribution in [3.05, 3.63) is 303 Å². The molecule has 0 radical (unpaired) electrons. The molecule has 0 saturated carbocycles. The third kappa shape index (κ3) is 21.6. The van der Waals surface area contributed by atoms with Crippen LogP contribution in [0.4, 0.5) is 4.39 Å². The van der Waals surface area contributed by atoms with Gasteiger partial charge in [0.05, 0.1) is 52.9 Å². The molecule has 1 N–H and O–H groups in total. The maximum absolute atomic E-state index is 12.5. The van der Waals surface area contributed by atoms with Crippen molar-refractivity contribution in [1.29, 1.82) is 0 Å². The lowest BCUT2D eigenvalue weighted by molar-refractivity contribution is 0.111. The number of hydrogen-bond donors (Lipinski definition) is 1. The molecular weight excluding hydrogens is 1290 g/mol. The van der Waals surface area contributed by atoms with Crippen LogP contribution in [0.2, 0.25) is 10.0 Å². The van der Waals surface area contributed by atoms with Crippen molar-refractivity contribution in [1.82, 2.24) is 52.9 Å². The first-order valence-electron chi connectivity index (χ1n) is 31.5. The summed E-state index contributed by atoms with van der Waals surface area (Å²) in [6.45, 7) is 11.7. The third-order valence-electron chi connectivity index (χ3n) is 15.3. The number of carbonyl (C=O) groups is 3. The standard InChI is InChI=1S/C20H20ClN3O2.C20H23N3O.C18H16N2O2.C13H17N3O.C7H4ClFO/c1-14-19(11-23(2)3)22-13-24(14)17-6-8-18(9-7-17)26-20-10-16(21)5-4-15(20)12-25;1-16-20(13-22(2)3)21-15-23(16)18-9-11-19(12-10-18)24-14-17-7-5-4-6-8-17;1-14-18(11-21)19-13-20(14)16-7-9-17(10-8-16)22-12-15-5-3-2-4-6-15;1-10-13(8-15(2)3)14-9-16(10)11-4-6-12(17)7-5-11;8-6-2-1-5(4-10)7(9)3-6/h4-10,12-13H,11H2,1-3H3;4-12,15H,13-14H2,1-3H3;2-11,13H,12H2,1H3;4-7,9,17H,8H2,1-3H3;1-4H. The van der Waals surface area contributed by atoms with Crippen molar-refractivity contribution in [2.24, 2.45) is 0 Å². The molecule has 0 aliphatic carbocycles. The lowest BCUT2D eigenvalue weighted by Gasteiger charge is -2.11. The second kappa shape index (κ2) is 36.5. The highest BCUT2D eigenvalue weighted by atomic mass is 35.5. The van der Waals surface area contributed by atoms with E-state index in [1.54, 1.807) is 36.7 Å². The average Bonchev–Trinajstić information content (AvgIpc) is 1.80. The number of aldehydes is 3. The number of aromatic hydroxyl groups is 1. The number of nitrogens with zero attached hydrogens (tertiary/aromatic N) is 11. The quantitative estimate of drug-likeness (QED) is 0.0671. The van der Waals surface area contributed by atoms with E-state index in [2.05, 4.69) is 98.3 Å². The topological polar surface area (TPSA) is 180 Å². The first-order chi connectivity index (χ1) is 47.7. The lowest BCUT2D eigenvalue weighted by atomic mass is 10.2. The van der Waals surface area contributed by atoms with Crippen molar-refractivity contribution in [3.63, 3.8) is 0 Å². The second-order valence-electron chi connectivity index (χ2n) is 23.6. The number of carbonyl (C=O) groups excluding carboxylic acids is 3. The molecule has 0 bridgehead atoms. The highest BCUT2D eigenvalue weighted by molar-refractivity contribution is 6.31. The van der Waals surface area contributed by atoms with E-state index >= 15 is 0 Å². The van der Waals surface area contributed by atoms with E-state index in [0.717, 1.165) is 112 Å². The number of rotatable bonds is 21. The Morgan fingerprint density at radius 1 is 0.424 bits per heavy atom. The van der Waals surface area contributed by atoms with Crippen LogP contribution in [0.5, 0.6) is 28.7 Å². The predicted octanol–water partition coefficient (Wildman–Crippen LogP) is 16.1. The van der Waals surface area contributed by atoms with Gasteiger partial charge in [-0.3, -0.25) is 14.4 Å². The fourth-order valence-corrected chi connectivity index (χ4v) is 10.2. The maximum Gasteiger partial charge on any atom is 0.170 e. The Morgan fingerprint density at radius 2 is 0.778 bits per heavy atom. The van der Waals surface area contributed by atoms with Gasteiger partial charge in [0.1, 0.15) is 59.8 Å². The monoisotopic (exact) mass is 1370 g/mol. The normalized spacial score (nSPS) is 10.7. The number of ether oxygens (including phenoxy) is 3. The molecule has 4 aromatic heterocycles. The molecule has 0 saturated heterocycles. The van der Waals surface area contributed by atoms with Gasteiger partial charge in [-0.2, -0.15) is 0 Å². The van der Waals surface area contributed by atoms with Crippen molar-refractivity contribution < 1.29 is 38.1 Å².